The molecule has 0 aliphatic carbocycles. The average Bonchev–Trinajstić information content (AvgIpc) is 3.48. The Balaban J connectivity index is 1.58. The summed E-state index contributed by atoms with van der Waals surface area (Å²) in [5, 5.41) is 6.17. The second-order valence-electron chi connectivity index (χ2n) is 7.69. The van der Waals surface area contributed by atoms with Crippen LogP contribution in [0.25, 0.3) is 11.1 Å². The van der Waals surface area contributed by atoms with E-state index >= 15 is 0 Å². The minimum absolute atomic E-state index is 0.104. The highest BCUT2D eigenvalue weighted by Gasteiger charge is 2.42. The number of hydrogen-bond donors (Lipinski definition) is 1. The number of nitrogens with one attached hydrogen (secondary N) is 1. The van der Waals surface area contributed by atoms with Crippen LogP contribution in [0.2, 0.25) is 15.1 Å². The van der Waals surface area contributed by atoms with Gasteiger partial charge >= 0.3 is 0 Å². The van der Waals surface area contributed by atoms with Crippen molar-refractivity contribution in [1.82, 2.24) is 4.98 Å². The SMILES string of the molecule is O=C(c1c[nH]cc1-c1ccc(Cl)cc1)C1C(c2ccc(Cl)cc2)=NOC1c1ccc(Cl)cc1. The van der Waals surface area contributed by atoms with Crippen molar-refractivity contribution < 1.29 is 9.63 Å². The summed E-state index contributed by atoms with van der Waals surface area (Å²) in [4.78, 5) is 22.9. The molecule has 0 radical (unpaired) electrons. The molecule has 1 N–H and O–H groups in total. The van der Waals surface area contributed by atoms with Crippen LogP contribution in [0.5, 0.6) is 0 Å². The number of carbonyl (C=O) groups excluding carboxylic acids is 1. The number of nitrogens with zero attached hydrogens (tertiary/aromatic N) is 1. The van der Waals surface area contributed by atoms with Crippen LogP contribution < -0.4 is 0 Å². The Morgan fingerprint density at radius 3 is 1.91 bits per heavy atom. The number of carbonyl (C=O) groups is 1. The maximum Gasteiger partial charge on any atom is 0.178 e. The fraction of sp³-hybridized carbons (Fsp3) is 0.0769. The summed E-state index contributed by atoms with van der Waals surface area (Å²) in [6, 6.07) is 21.8. The topological polar surface area (TPSA) is 54.5 Å². The van der Waals surface area contributed by atoms with E-state index in [0.29, 0.717) is 26.3 Å². The van der Waals surface area contributed by atoms with E-state index in [-0.39, 0.29) is 5.78 Å². The van der Waals surface area contributed by atoms with Crippen LogP contribution in [0.15, 0.2) is 90.3 Å². The lowest BCUT2D eigenvalue weighted by Gasteiger charge is -2.19. The van der Waals surface area contributed by atoms with Gasteiger partial charge < -0.3 is 9.82 Å². The lowest BCUT2D eigenvalue weighted by molar-refractivity contribution is 0.0534. The van der Waals surface area contributed by atoms with Crippen molar-refractivity contribution in [1.29, 1.82) is 0 Å². The van der Waals surface area contributed by atoms with Crippen LogP contribution in [0.3, 0.4) is 0 Å². The van der Waals surface area contributed by atoms with Crippen molar-refractivity contribution in [3.8, 4) is 11.1 Å². The fourth-order valence-corrected chi connectivity index (χ4v) is 4.38. The monoisotopic (exact) mass is 494 g/mol. The molecule has 0 saturated heterocycles. The molecule has 0 saturated carbocycles. The van der Waals surface area contributed by atoms with Crippen molar-refractivity contribution in [2.24, 2.45) is 11.1 Å². The first-order valence-electron chi connectivity index (χ1n) is 10.2. The number of aromatic amines is 1. The Labute approximate surface area is 205 Å². The molecular formula is C26H17Cl3N2O2. The highest BCUT2D eigenvalue weighted by atomic mass is 35.5. The standard InChI is InChI=1S/C26H17Cl3N2O2/c27-18-7-1-15(2-8-18)21-13-30-14-22(21)25(32)23-24(16-3-9-19(28)10-4-16)31-33-26(23)17-5-11-20(29)12-6-17/h1-14,23,26,30H. The molecule has 33 heavy (non-hydrogen) atoms. The van der Waals surface area contributed by atoms with Crippen LogP contribution in [0, 0.1) is 5.92 Å². The third-order valence-corrected chi connectivity index (χ3v) is 6.41. The smallest absolute Gasteiger partial charge is 0.178 e. The first-order chi connectivity index (χ1) is 16.0. The van der Waals surface area contributed by atoms with Crippen molar-refractivity contribution in [2.75, 3.05) is 0 Å². The first kappa shape index (κ1) is 21.8. The molecule has 2 atom stereocenters. The van der Waals surface area contributed by atoms with Gasteiger partial charge in [0.1, 0.15) is 11.6 Å². The summed E-state index contributed by atoms with van der Waals surface area (Å²) in [6.45, 7) is 0. The fourth-order valence-electron chi connectivity index (χ4n) is 4.00. The summed E-state index contributed by atoms with van der Waals surface area (Å²) in [5.74, 6) is -0.762. The van der Waals surface area contributed by atoms with Gasteiger partial charge in [-0.15, -0.1) is 0 Å². The third-order valence-electron chi connectivity index (χ3n) is 5.65. The van der Waals surface area contributed by atoms with E-state index in [2.05, 4.69) is 10.1 Å². The molecular weight excluding hydrogens is 479 g/mol. The summed E-state index contributed by atoms with van der Waals surface area (Å²) >= 11 is 18.2. The van der Waals surface area contributed by atoms with E-state index in [1.54, 1.807) is 42.6 Å². The first-order valence-corrected chi connectivity index (χ1v) is 11.4. The number of benzene rings is 3. The van der Waals surface area contributed by atoms with Gasteiger partial charge in [-0.25, -0.2) is 0 Å². The number of ketones is 1. The number of rotatable bonds is 5. The number of halogens is 3. The van der Waals surface area contributed by atoms with Crippen molar-refractivity contribution >= 4 is 46.3 Å². The average molecular weight is 496 g/mol. The number of Topliss-reactive ketones (excluding diaryl/α,β-unsaturated/α-hetero) is 1. The molecule has 4 aromatic rings. The number of H-pyrrole nitrogens is 1. The molecule has 2 unspecified atom stereocenters. The Bertz CT molecular complexity index is 1330. The molecule has 0 amide bonds. The van der Waals surface area contributed by atoms with Gasteiger partial charge in [0.25, 0.3) is 0 Å². The van der Waals surface area contributed by atoms with Crippen LogP contribution >= 0.6 is 34.8 Å². The predicted molar refractivity (Wildman–Crippen MR) is 132 cm³/mol. The van der Waals surface area contributed by atoms with Gasteiger partial charge in [-0.3, -0.25) is 4.79 Å². The summed E-state index contributed by atoms with van der Waals surface area (Å²) in [7, 11) is 0. The van der Waals surface area contributed by atoms with Crippen molar-refractivity contribution in [3.05, 3.63) is 117 Å². The van der Waals surface area contributed by atoms with E-state index in [4.69, 9.17) is 39.6 Å². The maximum absolute atomic E-state index is 14.0. The summed E-state index contributed by atoms with van der Waals surface area (Å²) in [6.07, 6.45) is 2.93. The van der Waals surface area contributed by atoms with Gasteiger partial charge in [0, 0.05) is 44.2 Å². The van der Waals surface area contributed by atoms with E-state index in [9.17, 15) is 4.79 Å². The largest absolute Gasteiger partial charge is 0.386 e. The molecule has 164 valence electrons. The lowest BCUT2D eigenvalue weighted by Crippen LogP contribution is -2.27. The molecule has 5 rings (SSSR count). The van der Waals surface area contributed by atoms with Gasteiger partial charge in [-0.1, -0.05) is 76.4 Å². The van der Waals surface area contributed by atoms with Crippen LogP contribution in [-0.4, -0.2) is 16.5 Å². The molecule has 0 bridgehead atoms. The molecule has 1 aliphatic heterocycles. The molecule has 3 aromatic carbocycles. The normalized spacial score (nSPS) is 17.5. The zero-order valence-corrected chi connectivity index (χ0v) is 19.4. The van der Waals surface area contributed by atoms with E-state index < -0.39 is 12.0 Å². The second kappa shape index (κ2) is 9.06. The Morgan fingerprint density at radius 1 is 0.758 bits per heavy atom. The molecule has 0 fully saturated rings. The van der Waals surface area contributed by atoms with Crippen LogP contribution in [0.1, 0.15) is 27.6 Å². The number of aromatic nitrogens is 1. The minimum atomic E-state index is -0.658. The Kier molecular flexibility index (Phi) is 5.98. The zero-order chi connectivity index (χ0) is 22.9. The van der Waals surface area contributed by atoms with Gasteiger partial charge in [-0.05, 0) is 47.5 Å². The molecule has 0 spiro atoms. The third kappa shape index (κ3) is 4.30. The summed E-state index contributed by atoms with van der Waals surface area (Å²) in [5.41, 5.74) is 4.37. The highest BCUT2D eigenvalue weighted by molar-refractivity contribution is 6.31. The molecule has 7 heteroatoms. The van der Waals surface area contributed by atoms with Gasteiger partial charge in [0.15, 0.2) is 11.9 Å². The van der Waals surface area contributed by atoms with Crippen molar-refractivity contribution in [2.45, 2.75) is 6.10 Å². The van der Waals surface area contributed by atoms with Gasteiger partial charge in [0.2, 0.25) is 0 Å². The Hall–Kier alpha value is -3.05. The molecule has 1 aromatic heterocycles. The number of oxime groups is 1. The Morgan fingerprint density at radius 2 is 1.30 bits per heavy atom. The molecule has 2 heterocycles. The quantitative estimate of drug-likeness (QED) is 0.290. The van der Waals surface area contributed by atoms with E-state index in [1.165, 1.54) is 0 Å². The van der Waals surface area contributed by atoms with E-state index in [0.717, 1.165) is 22.3 Å². The molecule has 1 aliphatic rings. The van der Waals surface area contributed by atoms with Gasteiger partial charge in [0.05, 0.1) is 0 Å². The minimum Gasteiger partial charge on any atom is -0.386 e. The predicted octanol–water partition coefficient (Wildman–Crippen LogP) is 7.62. The van der Waals surface area contributed by atoms with E-state index in [1.807, 2.05) is 42.6 Å². The van der Waals surface area contributed by atoms with Crippen molar-refractivity contribution in [3.63, 3.8) is 0 Å². The molecule has 4 nitrogen and oxygen atoms in total. The highest BCUT2D eigenvalue weighted by Crippen LogP contribution is 2.39. The van der Waals surface area contributed by atoms with Crippen LogP contribution in [-0.2, 0) is 4.84 Å². The lowest BCUT2D eigenvalue weighted by atomic mass is 9.82. The summed E-state index contributed by atoms with van der Waals surface area (Å²) < 4.78 is 0. The maximum atomic E-state index is 14.0. The zero-order valence-electron chi connectivity index (χ0n) is 17.1. The number of hydrogen-bond acceptors (Lipinski definition) is 3. The van der Waals surface area contributed by atoms with Crippen LogP contribution in [0.4, 0.5) is 0 Å². The van der Waals surface area contributed by atoms with Gasteiger partial charge in [-0.2, -0.15) is 0 Å². The second-order valence-corrected chi connectivity index (χ2v) is 9.00.